The van der Waals surface area contributed by atoms with Gasteiger partial charge < -0.3 is 20.6 Å². The van der Waals surface area contributed by atoms with Gasteiger partial charge >= 0.3 is 0 Å². The van der Waals surface area contributed by atoms with Crippen LogP contribution in [0.15, 0.2) is 18.2 Å². The minimum absolute atomic E-state index is 0.0419. The Labute approximate surface area is 117 Å². The molecule has 1 aliphatic rings. The van der Waals surface area contributed by atoms with Crippen molar-refractivity contribution in [1.29, 1.82) is 0 Å². The number of hydrogen-bond acceptors (Lipinski definition) is 4. The van der Waals surface area contributed by atoms with Crippen LogP contribution in [0, 0.1) is 5.82 Å². The number of likely N-dealkylation sites (N-methyl/N-ethyl adjacent to an activating group) is 1. The lowest BCUT2D eigenvalue weighted by molar-refractivity contribution is 0.0699. The third-order valence-electron chi connectivity index (χ3n) is 3.47. The minimum atomic E-state index is -0.534. The summed E-state index contributed by atoms with van der Waals surface area (Å²) in [5.41, 5.74) is 5.80. The SMILES string of the molecule is CN(C)CC1CC(O)CN1C(=O)c1ccc(F)c(N)c1. The van der Waals surface area contributed by atoms with E-state index in [0.717, 1.165) is 0 Å². The first-order valence-electron chi connectivity index (χ1n) is 6.57. The molecule has 2 rings (SSSR count). The van der Waals surface area contributed by atoms with Crippen LogP contribution in [-0.4, -0.2) is 60.1 Å². The van der Waals surface area contributed by atoms with Gasteiger partial charge in [0.05, 0.1) is 11.8 Å². The molecule has 0 radical (unpaired) electrons. The lowest BCUT2D eigenvalue weighted by Gasteiger charge is -2.27. The molecule has 1 aromatic carbocycles. The Morgan fingerprint density at radius 2 is 2.25 bits per heavy atom. The molecule has 2 unspecified atom stereocenters. The van der Waals surface area contributed by atoms with E-state index < -0.39 is 11.9 Å². The summed E-state index contributed by atoms with van der Waals surface area (Å²) in [5.74, 6) is -0.757. The van der Waals surface area contributed by atoms with Gasteiger partial charge in [-0.15, -0.1) is 0 Å². The van der Waals surface area contributed by atoms with Gasteiger partial charge in [0.2, 0.25) is 0 Å². The van der Waals surface area contributed by atoms with Crippen molar-refractivity contribution in [3.8, 4) is 0 Å². The highest BCUT2D eigenvalue weighted by atomic mass is 19.1. The van der Waals surface area contributed by atoms with E-state index in [1.54, 1.807) is 4.90 Å². The average Bonchev–Trinajstić information content (AvgIpc) is 2.72. The molecular weight excluding hydrogens is 261 g/mol. The van der Waals surface area contributed by atoms with E-state index in [2.05, 4.69) is 0 Å². The van der Waals surface area contributed by atoms with Gasteiger partial charge in [-0.1, -0.05) is 0 Å². The monoisotopic (exact) mass is 281 g/mol. The Morgan fingerprint density at radius 1 is 1.55 bits per heavy atom. The molecule has 0 bridgehead atoms. The molecule has 1 saturated heterocycles. The van der Waals surface area contributed by atoms with Crippen LogP contribution in [0.5, 0.6) is 0 Å². The van der Waals surface area contributed by atoms with Crippen molar-refractivity contribution in [3.05, 3.63) is 29.6 Å². The van der Waals surface area contributed by atoms with Crippen molar-refractivity contribution >= 4 is 11.6 Å². The van der Waals surface area contributed by atoms with E-state index >= 15 is 0 Å². The van der Waals surface area contributed by atoms with E-state index in [1.807, 2.05) is 19.0 Å². The standard InChI is InChI=1S/C14H20FN3O2/c1-17(2)7-10-6-11(19)8-18(10)14(20)9-3-4-12(15)13(16)5-9/h3-5,10-11,19H,6-8,16H2,1-2H3. The highest BCUT2D eigenvalue weighted by Gasteiger charge is 2.34. The van der Waals surface area contributed by atoms with Gasteiger partial charge in [0.1, 0.15) is 5.82 Å². The summed E-state index contributed by atoms with van der Waals surface area (Å²) in [7, 11) is 3.84. The third-order valence-corrected chi connectivity index (χ3v) is 3.47. The number of aliphatic hydroxyl groups is 1. The fourth-order valence-electron chi connectivity index (χ4n) is 2.58. The minimum Gasteiger partial charge on any atom is -0.396 e. The predicted molar refractivity (Wildman–Crippen MR) is 74.8 cm³/mol. The summed E-state index contributed by atoms with van der Waals surface area (Å²) in [4.78, 5) is 16.1. The zero-order valence-corrected chi connectivity index (χ0v) is 11.7. The molecule has 1 aromatic rings. The number of carbonyl (C=O) groups is 1. The van der Waals surface area contributed by atoms with Gasteiger partial charge in [0.25, 0.3) is 5.91 Å². The number of nitrogens with two attached hydrogens (primary N) is 1. The Bertz CT molecular complexity index is 507. The number of aliphatic hydroxyl groups excluding tert-OH is 1. The Hall–Kier alpha value is -1.66. The van der Waals surface area contributed by atoms with Crippen LogP contribution in [0.25, 0.3) is 0 Å². The molecule has 6 heteroatoms. The normalized spacial score (nSPS) is 22.6. The average molecular weight is 281 g/mol. The van der Waals surface area contributed by atoms with E-state index in [0.29, 0.717) is 25.1 Å². The quantitative estimate of drug-likeness (QED) is 0.794. The van der Waals surface area contributed by atoms with Crippen molar-refractivity contribution < 1.29 is 14.3 Å². The fourth-order valence-corrected chi connectivity index (χ4v) is 2.58. The number of nitrogen functional groups attached to an aromatic ring is 1. The number of benzene rings is 1. The smallest absolute Gasteiger partial charge is 0.254 e. The summed E-state index contributed by atoms with van der Waals surface area (Å²) in [6, 6.07) is 3.91. The number of anilines is 1. The van der Waals surface area contributed by atoms with Gasteiger partial charge in [0, 0.05) is 24.7 Å². The first kappa shape index (κ1) is 14.7. The second-order valence-corrected chi connectivity index (χ2v) is 5.50. The molecule has 1 aliphatic heterocycles. The first-order chi connectivity index (χ1) is 9.38. The van der Waals surface area contributed by atoms with Crippen molar-refractivity contribution in [2.45, 2.75) is 18.6 Å². The van der Waals surface area contributed by atoms with Gasteiger partial charge in [-0.3, -0.25) is 4.79 Å². The molecule has 0 saturated carbocycles. The molecule has 5 nitrogen and oxygen atoms in total. The highest BCUT2D eigenvalue weighted by molar-refractivity contribution is 5.95. The number of nitrogens with zero attached hydrogens (tertiary/aromatic N) is 2. The summed E-state index contributed by atoms with van der Waals surface area (Å²) < 4.78 is 13.2. The molecule has 1 fully saturated rings. The summed E-state index contributed by atoms with van der Waals surface area (Å²) >= 11 is 0. The Balaban J connectivity index is 2.19. The number of hydrogen-bond donors (Lipinski definition) is 2. The third kappa shape index (κ3) is 3.08. The zero-order valence-electron chi connectivity index (χ0n) is 11.7. The number of amides is 1. The van der Waals surface area contributed by atoms with E-state index in [4.69, 9.17) is 5.73 Å². The number of rotatable bonds is 3. The first-order valence-corrected chi connectivity index (χ1v) is 6.57. The largest absolute Gasteiger partial charge is 0.396 e. The van der Waals surface area contributed by atoms with Crippen molar-refractivity contribution in [3.63, 3.8) is 0 Å². The van der Waals surface area contributed by atoms with Gasteiger partial charge in [-0.05, 0) is 38.7 Å². The second-order valence-electron chi connectivity index (χ2n) is 5.50. The van der Waals surface area contributed by atoms with E-state index in [1.165, 1.54) is 18.2 Å². The lowest BCUT2D eigenvalue weighted by Crippen LogP contribution is -2.41. The summed E-state index contributed by atoms with van der Waals surface area (Å²) in [5, 5.41) is 9.78. The maximum Gasteiger partial charge on any atom is 0.254 e. The zero-order chi connectivity index (χ0) is 14.9. The van der Waals surface area contributed by atoms with Crippen LogP contribution in [0.3, 0.4) is 0 Å². The number of likely N-dealkylation sites (tertiary alicyclic amines) is 1. The van der Waals surface area contributed by atoms with Crippen molar-refractivity contribution in [1.82, 2.24) is 9.80 Å². The van der Waals surface area contributed by atoms with Crippen LogP contribution in [0.2, 0.25) is 0 Å². The molecule has 20 heavy (non-hydrogen) atoms. The van der Waals surface area contributed by atoms with Crippen LogP contribution in [0.1, 0.15) is 16.8 Å². The molecule has 0 aliphatic carbocycles. The van der Waals surface area contributed by atoms with Gasteiger partial charge in [-0.25, -0.2) is 4.39 Å². The van der Waals surface area contributed by atoms with E-state index in [9.17, 15) is 14.3 Å². The fraction of sp³-hybridized carbons (Fsp3) is 0.500. The lowest BCUT2D eigenvalue weighted by atomic mass is 10.1. The topological polar surface area (TPSA) is 69.8 Å². The maximum absolute atomic E-state index is 13.2. The molecule has 1 heterocycles. The molecule has 2 atom stereocenters. The van der Waals surface area contributed by atoms with Gasteiger partial charge in [0.15, 0.2) is 0 Å². The molecule has 1 amide bonds. The number of halogens is 1. The van der Waals surface area contributed by atoms with Crippen LogP contribution in [-0.2, 0) is 0 Å². The van der Waals surface area contributed by atoms with Crippen LogP contribution in [0.4, 0.5) is 10.1 Å². The second kappa shape index (κ2) is 5.76. The summed E-state index contributed by atoms with van der Waals surface area (Å²) in [6.07, 6.45) is 0.0438. The molecule has 110 valence electrons. The highest BCUT2D eigenvalue weighted by Crippen LogP contribution is 2.22. The predicted octanol–water partition coefficient (Wildman–Crippen LogP) is 0.545. The van der Waals surface area contributed by atoms with E-state index in [-0.39, 0.29) is 17.6 Å². The van der Waals surface area contributed by atoms with Gasteiger partial charge in [-0.2, -0.15) is 0 Å². The molecular formula is C14H20FN3O2. The Morgan fingerprint density at radius 3 is 2.85 bits per heavy atom. The molecule has 0 aromatic heterocycles. The van der Waals surface area contributed by atoms with Crippen LogP contribution >= 0.6 is 0 Å². The van der Waals surface area contributed by atoms with Crippen LogP contribution < -0.4 is 5.73 Å². The van der Waals surface area contributed by atoms with Crippen molar-refractivity contribution in [2.24, 2.45) is 0 Å². The molecule has 3 N–H and O–H groups in total. The summed E-state index contributed by atoms with van der Waals surface area (Å²) in [6.45, 7) is 0.980. The molecule has 0 spiro atoms. The number of β-amino-alcohol motifs (C(OH)–C–C–N with tert-alkyl or cyclic N) is 1. The maximum atomic E-state index is 13.2. The van der Waals surface area contributed by atoms with Crippen molar-refractivity contribution in [2.75, 3.05) is 32.9 Å². The Kier molecular flexibility index (Phi) is 4.25. The number of carbonyl (C=O) groups excluding carboxylic acids is 1.